The highest BCUT2D eigenvalue weighted by atomic mass is 16.5. The van der Waals surface area contributed by atoms with Crippen molar-refractivity contribution in [3.05, 3.63) is 52.7 Å². The van der Waals surface area contributed by atoms with Crippen LogP contribution in [0.1, 0.15) is 49.1 Å². The predicted molar refractivity (Wildman–Crippen MR) is 130 cm³/mol. The number of carbonyl (C=O) groups excluding carboxylic acids is 2. The van der Waals surface area contributed by atoms with E-state index in [-0.39, 0.29) is 29.9 Å². The minimum absolute atomic E-state index is 0.0165. The smallest absolute Gasteiger partial charge is 0.225 e. The monoisotopic (exact) mass is 481 g/mol. The molecule has 1 aliphatic heterocycles. The fourth-order valence-electron chi connectivity index (χ4n) is 4.99. The fourth-order valence-corrected chi connectivity index (χ4v) is 4.99. The van der Waals surface area contributed by atoms with Crippen molar-refractivity contribution in [1.82, 2.24) is 5.32 Å². The van der Waals surface area contributed by atoms with Crippen LogP contribution in [0.25, 0.3) is 0 Å². The van der Waals surface area contributed by atoms with Crippen molar-refractivity contribution in [2.75, 3.05) is 35.0 Å². The lowest BCUT2D eigenvalue weighted by Crippen LogP contribution is -2.38. The number of ketones is 1. The number of allylic oxidation sites excluding steroid dienone is 2. The van der Waals surface area contributed by atoms with E-state index in [4.69, 9.17) is 23.7 Å². The van der Waals surface area contributed by atoms with Gasteiger partial charge < -0.3 is 29.0 Å². The number of rotatable bonds is 8. The second-order valence-corrected chi connectivity index (χ2v) is 8.53. The zero-order valence-corrected chi connectivity index (χ0v) is 20.7. The predicted octanol–water partition coefficient (Wildman–Crippen LogP) is 4.12. The molecule has 8 heteroatoms. The van der Waals surface area contributed by atoms with Gasteiger partial charge in [0.15, 0.2) is 28.8 Å². The quantitative estimate of drug-likeness (QED) is 0.606. The van der Waals surface area contributed by atoms with E-state index < -0.39 is 0 Å². The third kappa shape index (κ3) is 4.65. The van der Waals surface area contributed by atoms with Crippen LogP contribution in [0.3, 0.4) is 0 Å². The molecule has 0 bridgehead atoms. The van der Waals surface area contributed by atoms with Crippen molar-refractivity contribution in [2.45, 2.75) is 38.0 Å². The zero-order valence-electron chi connectivity index (χ0n) is 20.7. The average molecular weight is 482 g/mol. The van der Waals surface area contributed by atoms with Crippen LogP contribution in [0.2, 0.25) is 0 Å². The summed E-state index contributed by atoms with van der Waals surface area (Å²) >= 11 is 0. The Morgan fingerprint density at radius 2 is 1.46 bits per heavy atom. The molecule has 1 amide bonds. The van der Waals surface area contributed by atoms with Crippen molar-refractivity contribution >= 4 is 11.7 Å². The van der Waals surface area contributed by atoms with E-state index in [0.717, 1.165) is 11.1 Å². The molecule has 35 heavy (non-hydrogen) atoms. The minimum atomic E-state index is -0.336. The molecule has 2 atom stereocenters. The molecule has 0 saturated carbocycles. The first kappa shape index (κ1) is 24.4. The minimum Gasteiger partial charge on any atom is -0.493 e. The average Bonchev–Trinajstić information content (AvgIpc) is 2.87. The SMILES string of the molecule is CCOc1ccc(C2CC(=O)NC3=C2C(=O)CC(c2cc(OC)c(OC)c(OC)c2)C3)cc1OC. The van der Waals surface area contributed by atoms with Gasteiger partial charge in [0.1, 0.15) is 0 Å². The Morgan fingerprint density at radius 1 is 0.800 bits per heavy atom. The molecule has 0 radical (unpaired) electrons. The van der Waals surface area contributed by atoms with Crippen LogP contribution in [0, 0.1) is 0 Å². The zero-order chi connectivity index (χ0) is 25.1. The molecular formula is C27H31NO7. The molecule has 4 rings (SSSR count). The van der Waals surface area contributed by atoms with Gasteiger partial charge in [0.05, 0.1) is 35.0 Å². The molecule has 2 aromatic rings. The summed E-state index contributed by atoms with van der Waals surface area (Å²) < 4.78 is 27.5. The number of amides is 1. The lowest BCUT2D eigenvalue weighted by Gasteiger charge is -2.35. The Kier molecular flexibility index (Phi) is 7.19. The molecule has 1 aliphatic carbocycles. The summed E-state index contributed by atoms with van der Waals surface area (Å²) in [5.41, 5.74) is 3.08. The van der Waals surface area contributed by atoms with Crippen LogP contribution < -0.4 is 29.0 Å². The van der Waals surface area contributed by atoms with Gasteiger partial charge in [-0.15, -0.1) is 0 Å². The molecule has 0 saturated heterocycles. The highest BCUT2D eigenvalue weighted by molar-refractivity contribution is 6.02. The Morgan fingerprint density at radius 3 is 2.06 bits per heavy atom. The van der Waals surface area contributed by atoms with E-state index in [9.17, 15) is 9.59 Å². The summed E-state index contributed by atoms with van der Waals surface area (Å²) in [5, 5.41) is 2.96. The van der Waals surface area contributed by atoms with Crippen LogP contribution in [0.4, 0.5) is 0 Å². The van der Waals surface area contributed by atoms with E-state index in [1.165, 1.54) is 0 Å². The summed E-state index contributed by atoms with van der Waals surface area (Å²) in [6, 6.07) is 9.32. The third-order valence-electron chi connectivity index (χ3n) is 6.58. The number of benzene rings is 2. The number of ether oxygens (including phenoxy) is 5. The van der Waals surface area contributed by atoms with Gasteiger partial charge in [0.25, 0.3) is 0 Å². The van der Waals surface area contributed by atoms with Gasteiger partial charge in [0, 0.05) is 30.0 Å². The van der Waals surface area contributed by atoms with Crippen molar-refractivity contribution in [1.29, 1.82) is 0 Å². The molecule has 1 N–H and O–H groups in total. The molecule has 186 valence electrons. The Balaban J connectivity index is 1.71. The van der Waals surface area contributed by atoms with Gasteiger partial charge in [-0.05, 0) is 54.7 Å². The highest BCUT2D eigenvalue weighted by Crippen LogP contribution is 2.47. The lowest BCUT2D eigenvalue weighted by molar-refractivity contribution is -0.122. The highest BCUT2D eigenvalue weighted by Gasteiger charge is 2.39. The maximum Gasteiger partial charge on any atom is 0.225 e. The van der Waals surface area contributed by atoms with E-state index in [1.54, 1.807) is 28.4 Å². The largest absolute Gasteiger partial charge is 0.493 e. The molecule has 0 fully saturated rings. The number of methoxy groups -OCH3 is 4. The van der Waals surface area contributed by atoms with Crippen molar-refractivity contribution in [3.8, 4) is 28.7 Å². The summed E-state index contributed by atoms with van der Waals surface area (Å²) in [5.74, 6) is 2.20. The maximum absolute atomic E-state index is 13.5. The standard InChI is InChI=1S/C27H31NO7/c1-6-35-21-8-7-15(11-22(21)31-2)18-14-25(30)28-19-9-16(10-20(29)26(18)19)17-12-23(32-3)27(34-5)24(13-17)33-4/h7-8,11-13,16,18H,6,9-10,14H2,1-5H3,(H,28,30). The normalized spacial score (nSPS) is 19.6. The lowest BCUT2D eigenvalue weighted by atomic mass is 9.73. The Bertz CT molecular complexity index is 1150. The van der Waals surface area contributed by atoms with Crippen LogP contribution in [-0.2, 0) is 9.59 Å². The number of hydrogen-bond donors (Lipinski definition) is 1. The molecule has 1 heterocycles. The van der Waals surface area contributed by atoms with E-state index in [2.05, 4.69) is 5.32 Å². The van der Waals surface area contributed by atoms with Crippen LogP contribution in [0.5, 0.6) is 28.7 Å². The molecule has 2 aliphatic rings. The van der Waals surface area contributed by atoms with Gasteiger partial charge in [-0.1, -0.05) is 6.07 Å². The van der Waals surface area contributed by atoms with Gasteiger partial charge in [0.2, 0.25) is 11.7 Å². The molecule has 2 aromatic carbocycles. The fraction of sp³-hybridized carbons (Fsp3) is 0.407. The Labute approximate surface area is 205 Å². The number of hydrogen-bond acceptors (Lipinski definition) is 7. The van der Waals surface area contributed by atoms with Gasteiger partial charge in [-0.25, -0.2) is 0 Å². The van der Waals surface area contributed by atoms with Crippen LogP contribution >= 0.6 is 0 Å². The van der Waals surface area contributed by atoms with Gasteiger partial charge in [-0.3, -0.25) is 9.59 Å². The first-order valence-electron chi connectivity index (χ1n) is 11.6. The maximum atomic E-state index is 13.5. The molecule has 8 nitrogen and oxygen atoms in total. The molecule has 0 aromatic heterocycles. The second kappa shape index (κ2) is 10.3. The number of nitrogens with one attached hydrogen (secondary N) is 1. The van der Waals surface area contributed by atoms with Crippen molar-refractivity contribution in [2.24, 2.45) is 0 Å². The third-order valence-corrected chi connectivity index (χ3v) is 6.58. The van der Waals surface area contributed by atoms with Gasteiger partial charge >= 0.3 is 0 Å². The molecule has 0 spiro atoms. The van der Waals surface area contributed by atoms with E-state index in [0.29, 0.717) is 59.5 Å². The van der Waals surface area contributed by atoms with E-state index >= 15 is 0 Å². The first-order chi connectivity index (χ1) is 16.9. The summed E-state index contributed by atoms with van der Waals surface area (Å²) in [6.07, 6.45) is 1.05. The number of carbonyl (C=O) groups is 2. The van der Waals surface area contributed by atoms with Crippen molar-refractivity contribution in [3.63, 3.8) is 0 Å². The number of Topliss-reactive ketones (excluding diaryl/α,β-unsaturated/α-hetero) is 1. The van der Waals surface area contributed by atoms with Gasteiger partial charge in [-0.2, -0.15) is 0 Å². The summed E-state index contributed by atoms with van der Waals surface area (Å²) in [6.45, 7) is 2.42. The van der Waals surface area contributed by atoms with Crippen LogP contribution in [-0.4, -0.2) is 46.7 Å². The topological polar surface area (TPSA) is 92.3 Å². The molecular weight excluding hydrogens is 450 g/mol. The first-order valence-corrected chi connectivity index (χ1v) is 11.6. The summed E-state index contributed by atoms with van der Waals surface area (Å²) in [7, 11) is 6.25. The van der Waals surface area contributed by atoms with Crippen molar-refractivity contribution < 1.29 is 33.3 Å². The van der Waals surface area contributed by atoms with Crippen LogP contribution in [0.15, 0.2) is 41.6 Å². The van der Waals surface area contributed by atoms with E-state index in [1.807, 2.05) is 37.3 Å². The summed E-state index contributed by atoms with van der Waals surface area (Å²) in [4.78, 5) is 26.2. The second-order valence-electron chi connectivity index (χ2n) is 8.53. The Hall–Kier alpha value is -3.68. The molecule has 2 unspecified atom stereocenters.